The molecule has 4 heteroatoms. The number of hydrogen-bond donors (Lipinski definition) is 0. The van der Waals surface area contributed by atoms with Crippen molar-refractivity contribution in [3.05, 3.63) is 39.6 Å². The largest absolute Gasteiger partial charge is 0.461 e. The van der Waals surface area contributed by atoms with Crippen LogP contribution in [-0.4, -0.2) is 4.92 Å². The molecule has 1 aromatic carbocycles. The first-order valence-electron chi connectivity index (χ1n) is 5.44. The van der Waals surface area contributed by atoms with Crippen molar-refractivity contribution in [1.29, 1.82) is 0 Å². The third kappa shape index (κ3) is 1.30. The Kier molecular flexibility index (Phi) is 1.96. The van der Waals surface area contributed by atoms with Crippen molar-refractivity contribution in [2.75, 3.05) is 0 Å². The van der Waals surface area contributed by atoms with E-state index >= 15 is 0 Å². The predicted molar refractivity (Wildman–Crippen MR) is 59.5 cm³/mol. The number of hydrogen-bond acceptors (Lipinski definition) is 3. The van der Waals surface area contributed by atoms with Gasteiger partial charge in [0.15, 0.2) is 0 Å². The second-order valence-electron chi connectivity index (χ2n) is 4.15. The van der Waals surface area contributed by atoms with Crippen molar-refractivity contribution in [3.63, 3.8) is 0 Å². The molecule has 16 heavy (non-hydrogen) atoms. The number of rotatable bonds is 1. The summed E-state index contributed by atoms with van der Waals surface area (Å²) in [5.41, 5.74) is 2.00. The van der Waals surface area contributed by atoms with Crippen molar-refractivity contribution in [1.82, 2.24) is 0 Å². The highest BCUT2D eigenvalue weighted by molar-refractivity contribution is 5.84. The van der Waals surface area contributed by atoms with E-state index in [1.165, 1.54) is 18.1 Å². The molecule has 0 bridgehead atoms. The van der Waals surface area contributed by atoms with Gasteiger partial charge < -0.3 is 4.42 Å². The van der Waals surface area contributed by atoms with Gasteiger partial charge in [0, 0.05) is 23.4 Å². The van der Waals surface area contributed by atoms with Gasteiger partial charge in [-0.15, -0.1) is 0 Å². The SMILES string of the molecule is O=[N+]([O-])c1ccc2c3c(oc2c1)CCCC3. The first kappa shape index (κ1) is 9.39. The molecule has 0 saturated heterocycles. The summed E-state index contributed by atoms with van der Waals surface area (Å²) in [7, 11) is 0. The van der Waals surface area contributed by atoms with E-state index in [0.29, 0.717) is 5.58 Å². The predicted octanol–water partition coefficient (Wildman–Crippen LogP) is 3.22. The molecular formula is C12H11NO3. The average molecular weight is 217 g/mol. The number of non-ortho nitro benzene ring substituents is 1. The maximum atomic E-state index is 10.7. The van der Waals surface area contributed by atoms with Gasteiger partial charge in [0.25, 0.3) is 5.69 Å². The maximum Gasteiger partial charge on any atom is 0.273 e. The van der Waals surface area contributed by atoms with Crippen molar-refractivity contribution in [3.8, 4) is 0 Å². The van der Waals surface area contributed by atoms with Crippen LogP contribution in [0.2, 0.25) is 0 Å². The van der Waals surface area contributed by atoms with Gasteiger partial charge in [0.05, 0.1) is 11.0 Å². The van der Waals surface area contributed by atoms with Gasteiger partial charge in [-0.05, 0) is 25.3 Å². The molecule has 3 rings (SSSR count). The minimum Gasteiger partial charge on any atom is -0.461 e. The van der Waals surface area contributed by atoms with Crippen molar-refractivity contribution in [2.45, 2.75) is 25.7 Å². The number of nitro groups is 1. The second kappa shape index (κ2) is 3.33. The lowest BCUT2D eigenvalue weighted by atomic mass is 9.96. The molecule has 0 saturated carbocycles. The third-order valence-corrected chi connectivity index (χ3v) is 3.15. The van der Waals surface area contributed by atoms with Crippen LogP contribution >= 0.6 is 0 Å². The van der Waals surface area contributed by atoms with Crippen LogP contribution in [0.15, 0.2) is 22.6 Å². The monoisotopic (exact) mass is 217 g/mol. The molecule has 0 N–H and O–H groups in total. The zero-order valence-corrected chi connectivity index (χ0v) is 8.73. The topological polar surface area (TPSA) is 56.3 Å². The van der Waals surface area contributed by atoms with E-state index in [1.54, 1.807) is 12.1 Å². The molecule has 4 nitrogen and oxygen atoms in total. The first-order chi connectivity index (χ1) is 7.75. The van der Waals surface area contributed by atoms with Crippen LogP contribution < -0.4 is 0 Å². The number of nitro benzene ring substituents is 1. The van der Waals surface area contributed by atoms with Crippen LogP contribution in [0, 0.1) is 10.1 Å². The lowest BCUT2D eigenvalue weighted by molar-refractivity contribution is -0.384. The van der Waals surface area contributed by atoms with E-state index in [2.05, 4.69) is 0 Å². The third-order valence-electron chi connectivity index (χ3n) is 3.15. The van der Waals surface area contributed by atoms with E-state index in [1.807, 2.05) is 0 Å². The molecule has 0 atom stereocenters. The summed E-state index contributed by atoms with van der Waals surface area (Å²) in [5, 5.41) is 11.7. The zero-order chi connectivity index (χ0) is 11.1. The molecule has 2 aromatic rings. The Morgan fingerprint density at radius 2 is 2.06 bits per heavy atom. The molecule has 1 aliphatic rings. The molecule has 1 aromatic heterocycles. The van der Waals surface area contributed by atoms with E-state index in [-0.39, 0.29) is 10.6 Å². The van der Waals surface area contributed by atoms with Gasteiger partial charge in [0.1, 0.15) is 11.3 Å². The summed E-state index contributed by atoms with van der Waals surface area (Å²) in [4.78, 5) is 10.3. The Bertz CT molecular complexity index is 571. The Hall–Kier alpha value is -1.84. The molecule has 0 radical (unpaired) electrons. The summed E-state index contributed by atoms with van der Waals surface area (Å²) in [6.07, 6.45) is 4.31. The Morgan fingerprint density at radius 1 is 1.25 bits per heavy atom. The molecule has 1 aliphatic carbocycles. The zero-order valence-electron chi connectivity index (χ0n) is 8.73. The fourth-order valence-corrected chi connectivity index (χ4v) is 2.37. The van der Waals surface area contributed by atoms with Gasteiger partial charge >= 0.3 is 0 Å². The molecule has 1 heterocycles. The van der Waals surface area contributed by atoms with Crippen LogP contribution in [0.1, 0.15) is 24.2 Å². The van der Waals surface area contributed by atoms with Crippen molar-refractivity contribution < 1.29 is 9.34 Å². The Balaban J connectivity index is 2.22. The molecule has 0 amide bonds. The number of nitrogens with zero attached hydrogens (tertiary/aromatic N) is 1. The lowest BCUT2D eigenvalue weighted by Gasteiger charge is -2.08. The minimum atomic E-state index is -0.388. The van der Waals surface area contributed by atoms with Crippen molar-refractivity contribution in [2.24, 2.45) is 0 Å². The fraction of sp³-hybridized carbons (Fsp3) is 0.333. The number of benzene rings is 1. The van der Waals surface area contributed by atoms with E-state index in [0.717, 1.165) is 30.4 Å². The summed E-state index contributed by atoms with van der Waals surface area (Å²) in [6.45, 7) is 0. The lowest BCUT2D eigenvalue weighted by Crippen LogP contribution is -1.98. The maximum absolute atomic E-state index is 10.7. The molecular weight excluding hydrogens is 206 g/mol. The quantitative estimate of drug-likeness (QED) is 0.544. The number of fused-ring (bicyclic) bond motifs is 3. The van der Waals surface area contributed by atoms with Crippen molar-refractivity contribution >= 4 is 16.7 Å². The summed E-state index contributed by atoms with van der Waals surface area (Å²) in [6, 6.07) is 4.88. The van der Waals surface area contributed by atoms with Gasteiger partial charge in [-0.3, -0.25) is 10.1 Å². The van der Waals surface area contributed by atoms with Gasteiger partial charge in [-0.2, -0.15) is 0 Å². The molecule has 0 spiro atoms. The Labute approximate surface area is 92.0 Å². The van der Waals surface area contributed by atoms with Gasteiger partial charge in [-0.1, -0.05) is 0 Å². The summed E-state index contributed by atoms with van der Waals surface area (Å²) in [5.74, 6) is 1.02. The standard InChI is InChI=1S/C12H11NO3/c14-13(15)8-5-6-10-9-3-1-2-4-11(9)16-12(10)7-8/h5-7H,1-4H2. The van der Waals surface area contributed by atoms with Gasteiger partial charge in [0.2, 0.25) is 0 Å². The van der Waals surface area contributed by atoms with Crippen LogP contribution in [0.25, 0.3) is 11.0 Å². The normalized spacial score (nSPS) is 15.0. The second-order valence-corrected chi connectivity index (χ2v) is 4.15. The van der Waals surface area contributed by atoms with Crippen LogP contribution in [0.3, 0.4) is 0 Å². The highest BCUT2D eigenvalue weighted by Gasteiger charge is 2.19. The molecule has 0 unspecified atom stereocenters. The van der Waals surface area contributed by atoms with Crippen LogP contribution in [0.4, 0.5) is 5.69 Å². The molecule has 0 aliphatic heterocycles. The highest BCUT2D eigenvalue weighted by Crippen LogP contribution is 2.33. The fourth-order valence-electron chi connectivity index (χ4n) is 2.37. The molecule has 0 fully saturated rings. The first-order valence-corrected chi connectivity index (χ1v) is 5.44. The Morgan fingerprint density at radius 3 is 2.88 bits per heavy atom. The summed E-state index contributed by atoms with van der Waals surface area (Å²) >= 11 is 0. The smallest absolute Gasteiger partial charge is 0.273 e. The van der Waals surface area contributed by atoms with Crippen LogP contribution in [-0.2, 0) is 12.8 Å². The number of furan rings is 1. The summed E-state index contributed by atoms with van der Waals surface area (Å²) < 4.78 is 5.68. The van der Waals surface area contributed by atoms with E-state index in [9.17, 15) is 10.1 Å². The molecule has 82 valence electrons. The number of aryl methyl sites for hydroxylation is 2. The minimum absolute atomic E-state index is 0.0959. The van der Waals surface area contributed by atoms with Crippen LogP contribution in [0.5, 0.6) is 0 Å². The van der Waals surface area contributed by atoms with E-state index < -0.39 is 0 Å². The highest BCUT2D eigenvalue weighted by atomic mass is 16.6. The average Bonchev–Trinajstić information content (AvgIpc) is 2.66. The van der Waals surface area contributed by atoms with Gasteiger partial charge in [-0.25, -0.2) is 0 Å². The van der Waals surface area contributed by atoms with E-state index in [4.69, 9.17) is 4.42 Å².